The summed E-state index contributed by atoms with van der Waals surface area (Å²) in [5, 5.41) is 0. The van der Waals surface area contributed by atoms with Crippen molar-refractivity contribution in [3.63, 3.8) is 0 Å². The Kier molecular flexibility index (Phi) is 5.73. The van der Waals surface area contributed by atoms with E-state index in [0.717, 1.165) is 12.8 Å². The Balaban J connectivity index is 3.72. The quantitative estimate of drug-likeness (QED) is 0.395. The second-order valence-corrected chi connectivity index (χ2v) is 5.76. The third-order valence-corrected chi connectivity index (χ3v) is 2.15. The Morgan fingerprint density at radius 2 is 1.81 bits per heavy atom. The topological polar surface area (TPSA) is 35.5 Å². The van der Waals surface area contributed by atoms with Gasteiger partial charge in [0.1, 0.15) is 5.60 Å². The first-order valence-corrected chi connectivity index (χ1v) is 5.68. The number of carbonyl (C=O) groups excluding carboxylic acids is 1. The predicted octanol–water partition coefficient (Wildman–Crippen LogP) is 3.64. The molecule has 94 valence electrons. The minimum absolute atomic E-state index is 0.252. The van der Waals surface area contributed by atoms with Gasteiger partial charge in [-0.2, -0.15) is 4.89 Å². The number of hydrogen-bond donors (Lipinski definition) is 0. The third-order valence-electron chi connectivity index (χ3n) is 2.15. The van der Waals surface area contributed by atoms with Gasteiger partial charge in [-0.3, -0.25) is 4.89 Å². The molecular formula is C13H24O3. The largest absolute Gasteiger partial charge is 0.342 e. The van der Waals surface area contributed by atoms with E-state index >= 15 is 0 Å². The number of carbonyl (C=O) groups is 1. The van der Waals surface area contributed by atoms with E-state index in [4.69, 9.17) is 9.78 Å². The first kappa shape index (κ1) is 15.2. The van der Waals surface area contributed by atoms with Crippen LogP contribution in [-0.2, 0) is 14.6 Å². The van der Waals surface area contributed by atoms with Gasteiger partial charge in [-0.05, 0) is 32.1 Å². The molecule has 3 heteroatoms. The van der Waals surface area contributed by atoms with Gasteiger partial charge < -0.3 is 0 Å². The number of hydrogen-bond acceptors (Lipinski definition) is 3. The summed E-state index contributed by atoms with van der Waals surface area (Å²) in [6.45, 7) is 13.6. The van der Waals surface area contributed by atoms with Crippen LogP contribution in [0.25, 0.3) is 0 Å². The van der Waals surface area contributed by atoms with E-state index in [9.17, 15) is 4.79 Å². The Labute approximate surface area is 98.7 Å². The maximum atomic E-state index is 11.3. The molecule has 0 spiro atoms. The molecule has 0 atom stereocenters. The first-order valence-electron chi connectivity index (χ1n) is 5.68. The average molecular weight is 228 g/mol. The highest BCUT2D eigenvalue weighted by Gasteiger charge is 2.18. The van der Waals surface area contributed by atoms with Gasteiger partial charge >= 0.3 is 5.97 Å². The van der Waals surface area contributed by atoms with E-state index in [1.54, 1.807) is 19.9 Å². The molecule has 0 aromatic heterocycles. The van der Waals surface area contributed by atoms with Crippen LogP contribution in [0, 0.1) is 5.41 Å². The van der Waals surface area contributed by atoms with Crippen molar-refractivity contribution >= 4 is 5.97 Å². The highest BCUT2D eigenvalue weighted by molar-refractivity contribution is 5.68. The van der Waals surface area contributed by atoms with Crippen LogP contribution in [0.2, 0.25) is 0 Å². The fraction of sp³-hybridized carbons (Fsp3) is 0.769. The van der Waals surface area contributed by atoms with Gasteiger partial charge in [0.15, 0.2) is 0 Å². The zero-order valence-corrected chi connectivity index (χ0v) is 11.1. The second-order valence-electron chi connectivity index (χ2n) is 5.76. The second kappa shape index (κ2) is 6.04. The van der Waals surface area contributed by atoms with Crippen molar-refractivity contribution < 1.29 is 14.6 Å². The SMILES string of the molecule is C=CC(C)(C)OOC(=O)CCCC(C)(C)C. The standard InChI is InChI=1S/C13H24O3/c1-7-13(5,6)16-15-11(14)9-8-10-12(2,3)4/h7H,1,8-10H2,2-6H3. The molecule has 0 aliphatic carbocycles. The maximum Gasteiger partial charge on any atom is 0.342 e. The van der Waals surface area contributed by atoms with Gasteiger partial charge in [0.25, 0.3) is 0 Å². The fourth-order valence-corrected chi connectivity index (χ4v) is 0.993. The molecule has 0 N–H and O–H groups in total. The molecule has 0 amide bonds. The van der Waals surface area contributed by atoms with Crippen molar-refractivity contribution in [2.45, 2.75) is 59.5 Å². The van der Waals surface area contributed by atoms with Crippen LogP contribution in [-0.4, -0.2) is 11.6 Å². The summed E-state index contributed by atoms with van der Waals surface area (Å²) in [7, 11) is 0. The van der Waals surface area contributed by atoms with Gasteiger partial charge in [0.05, 0.1) is 0 Å². The van der Waals surface area contributed by atoms with Gasteiger partial charge in [-0.25, -0.2) is 4.79 Å². The van der Waals surface area contributed by atoms with E-state index in [0.29, 0.717) is 6.42 Å². The molecule has 0 aliphatic rings. The molecule has 0 heterocycles. The van der Waals surface area contributed by atoms with Gasteiger partial charge in [-0.1, -0.05) is 26.8 Å². The normalized spacial score (nSPS) is 12.3. The lowest BCUT2D eigenvalue weighted by Crippen LogP contribution is -2.23. The van der Waals surface area contributed by atoms with Crippen LogP contribution in [0.1, 0.15) is 53.9 Å². The molecule has 0 fully saturated rings. The Bertz CT molecular complexity index is 236. The monoisotopic (exact) mass is 228 g/mol. The van der Waals surface area contributed by atoms with E-state index in [-0.39, 0.29) is 11.4 Å². The van der Waals surface area contributed by atoms with Crippen LogP contribution in [0.4, 0.5) is 0 Å². The summed E-state index contributed by atoms with van der Waals surface area (Å²) in [5.74, 6) is -0.320. The minimum atomic E-state index is -0.625. The van der Waals surface area contributed by atoms with Crippen molar-refractivity contribution in [3.8, 4) is 0 Å². The molecule has 0 saturated heterocycles. The fourth-order valence-electron chi connectivity index (χ4n) is 0.993. The highest BCUT2D eigenvalue weighted by Crippen LogP contribution is 2.21. The predicted molar refractivity (Wildman–Crippen MR) is 64.8 cm³/mol. The van der Waals surface area contributed by atoms with Crippen molar-refractivity contribution in [1.29, 1.82) is 0 Å². The lowest BCUT2D eigenvalue weighted by molar-refractivity contribution is -0.312. The lowest BCUT2D eigenvalue weighted by Gasteiger charge is -2.19. The Hall–Kier alpha value is -0.830. The van der Waals surface area contributed by atoms with E-state index in [1.807, 2.05) is 0 Å². The summed E-state index contributed by atoms with van der Waals surface area (Å²) < 4.78 is 0. The lowest BCUT2D eigenvalue weighted by atomic mass is 9.90. The molecule has 0 saturated carbocycles. The van der Waals surface area contributed by atoms with Crippen LogP contribution >= 0.6 is 0 Å². The third kappa shape index (κ3) is 8.48. The van der Waals surface area contributed by atoms with Crippen molar-refractivity contribution in [1.82, 2.24) is 0 Å². The molecule has 0 aliphatic heterocycles. The van der Waals surface area contributed by atoms with Crippen LogP contribution in [0.5, 0.6) is 0 Å². The molecule has 0 unspecified atom stereocenters. The van der Waals surface area contributed by atoms with Crippen molar-refractivity contribution in [2.75, 3.05) is 0 Å². The van der Waals surface area contributed by atoms with E-state index < -0.39 is 5.60 Å². The summed E-state index contributed by atoms with van der Waals surface area (Å²) in [6.07, 6.45) is 3.80. The van der Waals surface area contributed by atoms with Crippen molar-refractivity contribution in [2.24, 2.45) is 5.41 Å². The summed E-state index contributed by atoms with van der Waals surface area (Å²) in [6, 6.07) is 0. The molecule has 0 bridgehead atoms. The molecule has 16 heavy (non-hydrogen) atoms. The van der Waals surface area contributed by atoms with E-state index in [2.05, 4.69) is 27.4 Å². The van der Waals surface area contributed by atoms with Gasteiger partial charge in [0, 0.05) is 6.42 Å². The molecule has 0 radical (unpaired) electrons. The summed E-state index contributed by atoms with van der Waals surface area (Å²) in [4.78, 5) is 21.0. The molecule has 0 aromatic carbocycles. The average Bonchev–Trinajstić information content (AvgIpc) is 2.13. The van der Waals surface area contributed by atoms with Gasteiger partial charge in [-0.15, -0.1) is 6.58 Å². The molecule has 0 aromatic rings. The molecular weight excluding hydrogens is 204 g/mol. The summed E-state index contributed by atoms with van der Waals surface area (Å²) >= 11 is 0. The summed E-state index contributed by atoms with van der Waals surface area (Å²) in [5.41, 5.74) is -0.374. The van der Waals surface area contributed by atoms with Gasteiger partial charge in [0.2, 0.25) is 0 Å². The zero-order chi connectivity index (χ0) is 12.8. The highest BCUT2D eigenvalue weighted by atomic mass is 17.2. The Morgan fingerprint density at radius 1 is 1.25 bits per heavy atom. The molecule has 3 nitrogen and oxygen atoms in total. The van der Waals surface area contributed by atoms with E-state index in [1.165, 1.54) is 0 Å². The first-order chi connectivity index (χ1) is 7.16. The zero-order valence-electron chi connectivity index (χ0n) is 11.1. The van der Waals surface area contributed by atoms with Crippen LogP contribution < -0.4 is 0 Å². The molecule has 0 rings (SSSR count). The van der Waals surface area contributed by atoms with Crippen molar-refractivity contribution in [3.05, 3.63) is 12.7 Å². The Morgan fingerprint density at radius 3 is 2.25 bits per heavy atom. The van der Waals surface area contributed by atoms with Crippen LogP contribution in [0.3, 0.4) is 0 Å². The minimum Gasteiger partial charge on any atom is -0.297 e. The van der Waals surface area contributed by atoms with Crippen LogP contribution in [0.15, 0.2) is 12.7 Å². The smallest absolute Gasteiger partial charge is 0.297 e. The number of rotatable bonds is 6. The maximum absolute atomic E-state index is 11.3.